The molecule has 2 aromatic heterocycles. The van der Waals surface area contributed by atoms with Crippen molar-refractivity contribution >= 4 is 28.9 Å². The quantitative estimate of drug-likeness (QED) is 0.461. The molecule has 2 heterocycles. The van der Waals surface area contributed by atoms with Gasteiger partial charge >= 0.3 is 0 Å². The second kappa shape index (κ2) is 8.54. The van der Waals surface area contributed by atoms with Gasteiger partial charge in [0.05, 0.1) is 24.1 Å². The van der Waals surface area contributed by atoms with Gasteiger partial charge in [0.2, 0.25) is 5.91 Å². The van der Waals surface area contributed by atoms with Crippen LogP contribution in [-0.4, -0.2) is 33.4 Å². The molecule has 0 saturated carbocycles. The molecule has 0 spiro atoms. The molecular formula is C22H19FN4O2S. The summed E-state index contributed by atoms with van der Waals surface area (Å²) in [6, 6.07) is 14.2. The molecule has 0 aliphatic rings. The predicted octanol–water partition coefficient (Wildman–Crippen LogP) is 4.58. The second-order valence-corrected chi connectivity index (χ2v) is 7.59. The first-order valence-corrected chi connectivity index (χ1v) is 10.2. The highest BCUT2D eigenvalue weighted by molar-refractivity contribution is 8.00. The van der Waals surface area contributed by atoms with Gasteiger partial charge in [0.1, 0.15) is 16.6 Å². The van der Waals surface area contributed by atoms with Crippen LogP contribution in [0.1, 0.15) is 5.56 Å². The lowest BCUT2D eigenvalue weighted by Gasteiger charge is -2.06. The van der Waals surface area contributed by atoms with E-state index in [1.807, 2.05) is 30.3 Å². The van der Waals surface area contributed by atoms with E-state index in [-0.39, 0.29) is 17.5 Å². The Kier molecular flexibility index (Phi) is 5.67. The molecule has 0 saturated heterocycles. The minimum absolute atomic E-state index is 0.144. The van der Waals surface area contributed by atoms with Gasteiger partial charge in [-0.3, -0.25) is 4.79 Å². The summed E-state index contributed by atoms with van der Waals surface area (Å²) in [6.07, 6.45) is 3.41. The monoisotopic (exact) mass is 422 g/mol. The summed E-state index contributed by atoms with van der Waals surface area (Å²) in [4.78, 5) is 16.7. The van der Waals surface area contributed by atoms with Crippen molar-refractivity contribution in [1.82, 2.24) is 14.6 Å². The summed E-state index contributed by atoms with van der Waals surface area (Å²) in [5.41, 5.74) is 3.52. The highest BCUT2D eigenvalue weighted by Gasteiger charge is 2.12. The Hall–Kier alpha value is -3.39. The van der Waals surface area contributed by atoms with Crippen molar-refractivity contribution in [3.05, 3.63) is 72.3 Å². The van der Waals surface area contributed by atoms with E-state index in [4.69, 9.17) is 4.74 Å². The number of methoxy groups -OCH3 is 1. The molecule has 8 heteroatoms. The minimum Gasteiger partial charge on any atom is -0.497 e. The van der Waals surface area contributed by atoms with Crippen molar-refractivity contribution in [2.75, 3.05) is 18.2 Å². The standard InChI is InChI=1S/C22H19FN4O2S/c1-14-3-6-16(11-18(14)23)25-21(28)13-30-22-20-12-19(26-27(20)10-9-24-22)15-4-7-17(29-2)8-5-15/h3-12H,13H2,1-2H3,(H,25,28). The highest BCUT2D eigenvalue weighted by Crippen LogP contribution is 2.27. The van der Waals surface area contributed by atoms with Gasteiger partial charge in [0, 0.05) is 23.6 Å². The molecular weight excluding hydrogens is 403 g/mol. The zero-order valence-electron chi connectivity index (χ0n) is 16.4. The number of rotatable bonds is 6. The van der Waals surface area contributed by atoms with E-state index in [0.717, 1.165) is 22.5 Å². The molecule has 30 heavy (non-hydrogen) atoms. The van der Waals surface area contributed by atoms with Crippen molar-refractivity contribution in [2.45, 2.75) is 11.9 Å². The van der Waals surface area contributed by atoms with Crippen LogP contribution >= 0.6 is 11.8 Å². The summed E-state index contributed by atoms with van der Waals surface area (Å²) < 4.78 is 20.6. The summed E-state index contributed by atoms with van der Waals surface area (Å²) in [5, 5.41) is 7.99. The molecule has 0 fully saturated rings. The molecule has 0 aliphatic carbocycles. The summed E-state index contributed by atoms with van der Waals surface area (Å²) in [5.74, 6) is 0.338. The van der Waals surface area contributed by atoms with Gasteiger partial charge in [-0.15, -0.1) is 0 Å². The third-order valence-electron chi connectivity index (χ3n) is 4.54. The number of carbonyl (C=O) groups is 1. The Morgan fingerprint density at radius 2 is 2.00 bits per heavy atom. The number of nitrogens with one attached hydrogen (secondary N) is 1. The molecule has 2 aromatic carbocycles. The Morgan fingerprint density at radius 1 is 1.20 bits per heavy atom. The van der Waals surface area contributed by atoms with Crippen LogP contribution in [0.15, 0.2) is 66.0 Å². The lowest BCUT2D eigenvalue weighted by Crippen LogP contribution is -2.14. The zero-order chi connectivity index (χ0) is 21.1. The maximum absolute atomic E-state index is 13.7. The second-order valence-electron chi connectivity index (χ2n) is 6.62. The lowest BCUT2D eigenvalue weighted by molar-refractivity contribution is -0.113. The smallest absolute Gasteiger partial charge is 0.234 e. The van der Waals surface area contributed by atoms with E-state index < -0.39 is 0 Å². The van der Waals surface area contributed by atoms with Gasteiger partial charge in [0.25, 0.3) is 0 Å². The van der Waals surface area contributed by atoms with Gasteiger partial charge in [0.15, 0.2) is 0 Å². The van der Waals surface area contributed by atoms with Crippen LogP contribution in [-0.2, 0) is 4.79 Å². The topological polar surface area (TPSA) is 68.5 Å². The van der Waals surface area contributed by atoms with Crippen LogP contribution in [0.2, 0.25) is 0 Å². The van der Waals surface area contributed by atoms with Crippen LogP contribution in [0.4, 0.5) is 10.1 Å². The third-order valence-corrected chi connectivity index (χ3v) is 5.53. The normalized spacial score (nSPS) is 10.9. The summed E-state index contributed by atoms with van der Waals surface area (Å²) >= 11 is 1.30. The molecule has 1 amide bonds. The van der Waals surface area contributed by atoms with E-state index >= 15 is 0 Å². The largest absolute Gasteiger partial charge is 0.497 e. The lowest BCUT2D eigenvalue weighted by atomic mass is 10.1. The molecule has 0 aliphatic heterocycles. The Balaban J connectivity index is 1.49. The number of carbonyl (C=O) groups excluding carboxylic acids is 1. The fraction of sp³-hybridized carbons (Fsp3) is 0.136. The maximum atomic E-state index is 13.7. The highest BCUT2D eigenvalue weighted by atomic mass is 32.2. The number of ether oxygens (including phenoxy) is 1. The fourth-order valence-corrected chi connectivity index (χ4v) is 3.69. The van der Waals surface area contributed by atoms with Crippen molar-refractivity contribution in [3.63, 3.8) is 0 Å². The number of nitrogens with zero attached hydrogens (tertiary/aromatic N) is 3. The van der Waals surface area contributed by atoms with E-state index in [2.05, 4.69) is 15.4 Å². The number of aromatic nitrogens is 3. The minimum atomic E-state index is -0.350. The van der Waals surface area contributed by atoms with Gasteiger partial charge in [-0.1, -0.05) is 17.8 Å². The molecule has 0 unspecified atom stereocenters. The van der Waals surface area contributed by atoms with Crippen LogP contribution < -0.4 is 10.1 Å². The Bertz CT molecular complexity index is 1210. The van der Waals surface area contributed by atoms with E-state index in [1.54, 1.807) is 43.1 Å². The molecule has 0 bridgehead atoms. The molecule has 4 rings (SSSR count). The average Bonchev–Trinajstić information content (AvgIpc) is 3.20. The van der Waals surface area contributed by atoms with Crippen LogP contribution in [0.3, 0.4) is 0 Å². The fourth-order valence-electron chi connectivity index (χ4n) is 2.91. The van der Waals surface area contributed by atoms with Crippen molar-refractivity contribution in [2.24, 2.45) is 0 Å². The first-order chi connectivity index (χ1) is 14.5. The van der Waals surface area contributed by atoms with E-state index in [0.29, 0.717) is 16.3 Å². The number of hydrogen-bond donors (Lipinski definition) is 1. The summed E-state index contributed by atoms with van der Waals surface area (Å²) in [6.45, 7) is 1.68. The molecule has 1 N–H and O–H groups in total. The van der Waals surface area contributed by atoms with Crippen LogP contribution in [0.25, 0.3) is 16.8 Å². The molecule has 0 radical (unpaired) electrons. The number of hydrogen-bond acceptors (Lipinski definition) is 5. The maximum Gasteiger partial charge on any atom is 0.234 e. The van der Waals surface area contributed by atoms with Gasteiger partial charge in [-0.05, 0) is 55.0 Å². The van der Waals surface area contributed by atoms with Crippen LogP contribution in [0, 0.1) is 12.7 Å². The van der Waals surface area contributed by atoms with E-state index in [1.165, 1.54) is 17.8 Å². The summed E-state index contributed by atoms with van der Waals surface area (Å²) in [7, 11) is 1.63. The predicted molar refractivity (Wildman–Crippen MR) is 115 cm³/mol. The zero-order valence-corrected chi connectivity index (χ0v) is 17.2. The van der Waals surface area contributed by atoms with Gasteiger partial charge in [-0.2, -0.15) is 5.10 Å². The van der Waals surface area contributed by atoms with E-state index in [9.17, 15) is 9.18 Å². The Morgan fingerprint density at radius 3 is 2.73 bits per heavy atom. The average molecular weight is 422 g/mol. The molecule has 6 nitrogen and oxygen atoms in total. The third kappa shape index (κ3) is 4.28. The number of amides is 1. The number of thioether (sulfide) groups is 1. The van der Waals surface area contributed by atoms with Crippen molar-refractivity contribution in [3.8, 4) is 17.0 Å². The molecule has 0 atom stereocenters. The number of halogens is 1. The Labute approximate surface area is 177 Å². The number of aryl methyl sites for hydroxylation is 1. The van der Waals surface area contributed by atoms with Crippen molar-refractivity contribution in [1.29, 1.82) is 0 Å². The number of fused-ring (bicyclic) bond motifs is 1. The van der Waals surface area contributed by atoms with Crippen LogP contribution in [0.5, 0.6) is 5.75 Å². The first kappa shape index (κ1) is 19.9. The molecule has 152 valence electrons. The van der Waals surface area contributed by atoms with Gasteiger partial charge < -0.3 is 10.1 Å². The number of benzene rings is 2. The van der Waals surface area contributed by atoms with Gasteiger partial charge in [-0.25, -0.2) is 13.9 Å². The van der Waals surface area contributed by atoms with Crippen molar-refractivity contribution < 1.29 is 13.9 Å². The molecule has 4 aromatic rings. The number of anilines is 1. The first-order valence-electron chi connectivity index (χ1n) is 9.21. The SMILES string of the molecule is COc1ccc(-c2cc3c(SCC(=O)Nc4ccc(C)c(F)c4)nccn3n2)cc1.